The van der Waals surface area contributed by atoms with Crippen molar-refractivity contribution >= 4 is 23.4 Å². The predicted octanol–water partition coefficient (Wildman–Crippen LogP) is 6.02. The van der Waals surface area contributed by atoms with Gasteiger partial charge >= 0.3 is 5.97 Å². The molecule has 4 rings (SSSR count). The van der Waals surface area contributed by atoms with E-state index in [0.717, 1.165) is 23.5 Å². The Morgan fingerprint density at radius 1 is 1.07 bits per heavy atom. The first-order chi connectivity index (χ1) is 12.9. The molecule has 0 bridgehead atoms. The Morgan fingerprint density at radius 2 is 1.89 bits per heavy atom. The summed E-state index contributed by atoms with van der Waals surface area (Å²) in [5.74, 6) is 0.326. The average molecular weight is 357 g/mol. The monoisotopic (exact) mass is 357 g/mol. The van der Waals surface area contributed by atoms with Crippen LogP contribution in [0.1, 0.15) is 32.8 Å². The van der Waals surface area contributed by atoms with E-state index in [-0.39, 0.29) is 5.97 Å². The summed E-state index contributed by atoms with van der Waals surface area (Å²) in [6, 6.07) is 16.1. The van der Waals surface area contributed by atoms with Gasteiger partial charge in [0.05, 0.1) is 11.1 Å². The number of hydrogen-bond acceptors (Lipinski definition) is 3. The van der Waals surface area contributed by atoms with E-state index in [2.05, 4.69) is 47.4 Å². The molecule has 3 heteroatoms. The number of benzene rings is 2. The van der Waals surface area contributed by atoms with Crippen LogP contribution in [0.2, 0.25) is 0 Å². The van der Waals surface area contributed by atoms with Gasteiger partial charge in [0.1, 0.15) is 5.75 Å². The minimum absolute atomic E-state index is 0.237. The Labute approximate surface area is 160 Å². The van der Waals surface area contributed by atoms with Crippen LogP contribution in [0.3, 0.4) is 0 Å². The van der Waals surface area contributed by atoms with Gasteiger partial charge in [-0.05, 0) is 68.7 Å². The molecule has 0 spiro atoms. The van der Waals surface area contributed by atoms with E-state index >= 15 is 0 Å². The zero-order valence-electron chi connectivity index (χ0n) is 15.9. The van der Waals surface area contributed by atoms with Crippen molar-refractivity contribution in [3.8, 4) is 5.75 Å². The van der Waals surface area contributed by atoms with Gasteiger partial charge in [-0.15, -0.1) is 0 Å². The molecular weight excluding hydrogens is 334 g/mol. The van der Waals surface area contributed by atoms with Gasteiger partial charge in [0, 0.05) is 17.5 Å². The summed E-state index contributed by atoms with van der Waals surface area (Å²) < 4.78 is 5.62. The molecule has 2 aromatic rings. The molecular formula is C24H23NO2. The number of carbonyl (C=O) groups is 1. The van der Waals surface area contributed by atoms with E-state index in [1.54, 1.807) is 0 Å². The van der Waals surface area contributed by atoms with Crippen LogP contribution in [-0.4, -0.2) is 5.97 Å². The molecule has 0 aromatic heterocycles. The van der Waals surface area contributed by atoms with Crippen molar-refractivity contribution in [3.63, 3.8) is 0 Å². The van der Waals surface area contributed by atoms with Crippen molar-refractivity contribution in [1.29, 1.82) is 0 Å². The molecule has 136 valence electrons. The van der Waals surface area contributed by atoms with Crippen molar-refractivity contribution in [1.82, 2.24) is 0 Å². The smallest absolute Gasteiger partial charge is 0.316 e. The van der Waals surface area contributed by atoms with Crippen LogP contribution in [0.25, 0.3) is 6.08 Å². The van der Waals surface area contributed by atoms with Crippen molar-refractivity contribution in [2.45, 2.75) is 27.2 Å². The summed E-state index contributed by atoms with van der Waals surface area (Å²) in [6.45, 7) is 5.57. The molecule has 0 fully saturated rings. The average Bonchev–Trinajstić information content (AvgIpc) is 2.65. The number of esters is 1. The quantitative estimate of drug-likeness (QED) is 0.486. The first kappa shape index (κ1) is 17.3. The minimum Gasteiger partial charge on any atom is -0.426 e. The van der Waals surface area contributed by atoms with Crippen molar-refractivity contribution in [2.75, 3.05) is 4.90 Å². The summed E-state index contributed by atoms with van der Waals surface area (Å²) in [4.78, 5) is 14.5. The van der Waals surface area contributed by atoms with Crippen molar-refractivity contribution < 1.29 is 9.53 Å². The first-order valence-electron chi connectivity index (χ1n) is 9.23. The van der Waals surface area contributed by atoms with E-state index in [4.69, 9.17) is 4.74 Å². The summed E-state index contributed by atoms with van der Waals surface area (Å²) in [5, 5.41) is 0. The Hall–Kier alpha value is -3.07. The number of ether oxygens (including phenoxy) is 1. The fourth-order valence-electron chi connectivity index (χ4n) is 3.27. The Morgan fingerprint density at radius 3 is 2.70 bits per heavy atom. The number of hydrogen-bond donors (Lipinski definition) is 0. The second-order valence-electron chi connectivity index (χ2n) is 7.88. The Bertz CT molecular complexity index is 989. The molecule has 0 N–H and O–H groups in total. The van der Waals surface area contributed by atoms with Crippen LogP contribution in [0.4, 0.5) is 11.4 Å². The number of nitrogens with zero attached hydrogens (tertiary/aromatic N) is 1. The van der Waals surface area contributed by atoms with Gasteiger partial charge in [0.2, 0.25) is 0 Å². The molecule has 2 aliphatic rings. The molecule has 1 aliphatic heterocycles. The number of para-hydroxylation sites is 1. The van der Waals surface area contributed by atoms with Gasteiger partial charge in [0.15, 0.2) is 0 Å². The third-order valence-corrected chi connectivity index (χ3v) is 4.70. The van der Waals surface area contributed by atoms with E-state index in [9.17, 15) is 4.79 Å². The molecule has 2 aromatic carbocycles. The lowest BCUT2D eigenvalue weighted by Gasteiger charge is -2.35. The largest absolute Gasteiger partial charge is 0.426 e. The molecule has 3 nitrogen and oxygen atoms in total. The van der Waals surface area contributed by atoms with E-state index in [0.29, 0.717) is 5.75 Å². The van der Waals surface area contributed by atoms with Gasteiger partial charge in [-0.1, -0.05) is 36.4 Å². The molecule has 0 atom stereocenters. The van der Waals surface area contributed by atoms with E-state index in [1.807, 2.05) is 51.1 Å². The highest BCUT2D eigenvalue weighted by atomic mass is 16.5. The van der Waals surface area contributed by atoms with Crippen LogP contribution in [0.5, 0.6) is 5.75 Å². The molecule has 0 saturated carbocycles. The van der Waals surface area contributed by atoms with Gasteiger partial charge < -0.3 is 9.64 Å². The fourth-order valence-corrected chi connectivity index (χ4v) is 3.27. The summed E-state index contributed by atoms with van der Waals surface area (Å²) >= 11 is 0. The normalized spacial score (nSPS) is 15.4. The van der Waals surface area contributed by atoms with Crippen LogP contribution in [0.15, 0.2) is 78.0 Å². The maximum absolute atomic E-state index is 12.3. The maximum Gasteiger partial charge on any atom is 0.316 e. The zero-order chi connectivity index (χ0) is 19.0. The predicted molar refractivity (Wildman–Crippen MR) is 110 cm³/mol. The third kappa shape index (κ3) is 3.33. The molecule has 27 heavy (non-hydrogen) atoms. The maximum atomic E-state index is 12.3. The third-order valence-electron chi connectivity index (χ3n) is 4.70. The number of anilines is 2. The summed E-state index contributed by atoms with van der Waals surface area (Å²) in [5.41, 5.74) is 5.21. The molecule has 0 saturated heterocycles. The number of carbonyl (C=O) groups excluding carboxylic acids is 1. The van der Waals surface area contributed by atoms with E-state index in [1.165, 1.54) is 11.1 Å². The molecule has 1 heterocycles. The van der Waals surface area contributed by atoms with Crippen LogP contribution in [-0.2, 0) is 4.79 Å². The summed E-state index contributed by atoms with van der Waals surface area (Å²) in [7, 11) is 0. The highest BCUT2D eigenvalue weighted by Crippen LogP contribution is 2.43. The van der Waals surface area contributed by atoms with Gasteiger partial charge in [-0.25, -0.2) is 0 Å². The van der Waals surface area contributed by atoms with E-state index < -0.39 is 5.41 Å². The molecule has 0 unspecified atom stereocenters. The van der Waals surface area contributed by atoms with Crippen LogP contribution >= 0.6 is 0 Å². The second kappa shape index (κ2) is 6.58. The summed E-state index contributed by atoms with van der Waals surface area (Å²) in [6.07, 6.45) is 9.57. The van der Waals surface area contributed by atoms with Gasteiger partial charge in [-0.3, -0.25) is 4.79 Å². The minimum atomic E-state index is -0.541. The van der Waals surface area contributed by atoms with Crippen LogP contribution < -0.4 is 9.64 Å². The Balaban J connectivity index is 1.77. The zero-order valence-corrected chi connectivity index (χ0v) is 15.9. The Kier molecular flexibility index (Phi) is 4.23. The number of rotatable bonds is 2. The number of allylic oxidation sites excluding steroid dienone is 4. The number of fused-ring (bicyclic) bond motifs is 2. The molecule has 0 radical (unpaired) electrons. The highest BCUT2D eigenvalue weighted by molar-refractivity contribution is 5.86. The lowest BCUT2D eigenvalue weighted by molar-refractivity contribution is -0.142. The highest BCUT2D eigenvalue weighted by Gasteiger charge is 2.26. The lowest BCUT2D eigenvalue weighted by atomic mass is 9.93. The second-order valence-corrected chi connectivity index (χ2v) is 7.88. The topological polar surface area (TPSA) is 29.5 Å². The molecule has 0 amide bonds. The standard InChI is InChI=1S/C24H23NO2/c1-24(2,3)23(26)27-20-12-8-11-19(16-20)25-21-13-6-4-9-17(21)15-18-10-5-7-14-22(18)25/h4-9,11-16H,10H2,1-3H3. The van der Waals surface area contributed by atoms with Crippen molar-refractivity contribution in [3.05, 3.63) is 83.6 Å². The molecule has 1 aliphatic carbocycles. The first-order valence-corrected chi connectivity index (χ1v) is 9.23. The lowest BCUT2D eigenvalue weighted by Crippen LogP contribution is -2.26. The van der Waals surface area contributed by atoms with Gasteiger partial charge in [-0.2, -0.15) is 0 Å². The SMILES string of the molecule is CC(C)(C)C(=O)Oc1cccc(N2C3=CC=CCC3=Cc3ccccc32)c1. The van der Waals surface area contributed by atoms with Crippen LogP contribution in [0, 0.1) is 5.41 Å². The fraction of sp³-hybridized carbons (Fsp3) is 0.208. The van der Waals surface area contributed by atoms with Crippen molar-refractivity contribution in [2.24, 2.45) is 5.41 Å². The van der Waals surface area contributed by atoms with Gasteiger partial charge in [0.25, 0.3) is 0 Å².